The van der Waals surface area contributed by atoms with Gasteiger partial charge in [0.25, 0.3) is 0 Å². The van der Waals surface area contributed by atoms with Gasteiger partial charge in [-0.3, -0.25) is 14.5 Å². The van der Waals surface area contributed by atoms with Crippen molar-refractivity contribution < 1.29 is 35.1 Å². The van der Waals surface area contributed by atoms with Crippen LogP contribution in [-0.2, 0) is 9.59 Å². The minimum Gasteiger partial charge on any atom is -0.481 e. The highest BCUT2D eigenvalue weighted by Gasteiger charge is 2.00. The molecule has 0 saturated heterocycles. The van der Waals surface area contributed by atoms with Crippen molar-refractivity contribution >= 4 is 11.9 Å². The van der Waals surface area contributed by atoms with Crippen LogP contribution in [0.3, 0.4) is 0 Å². The second kappa shape index (κ2) is 43.6. The lowest BCUT2D eigenvalue weighted by atomic mass is 10.1. The third kappa shape index (κ3) is 50.2. The largest absolute Gasteiger partial charge is 0.481 e. The monoisotopic (exact) mass is 632 g/mol. The minimum absolute atomic E-state index is 0.0694. The molecule has 264 valence electrons. The first-order valence-corrected chi connectivity index (χ1v) is 18.0. The van der Waals surface area contributed by atoms with Crippen molar-refractivity contribution in [3.05, 3.63) is 12.2 Å². The maximum absolute atomic E-state index is 10.3. The summed E-state index contributed by atoms with van der Waals surface area (Å²) in [6.07, 6.45) is 32.7. The number of hydrogen-bond acceptors (Lipinski definition) is 6. The van der Waals surface area contributed by atoms with Gasteiger partial charge >= 0.3 is 11.9 Å². The van der Waals surface area contributed by atoms with Crippen molar-refractivity contribution in [2.24, 2.45) is 0 Å². The molecular weight excluding hydrogens is 558 g/mol. The predicted octanol–water partition coefficient (Wildman–Crippen LogP) is 8.37. The molecular formula is C36H73NO7. The van der Waals surface area contributed by atoms with E-state index >= 15 is 0 Å². The molecule has 0 radical (unpaired) electrons. The van der Waals surface area contributed by atoms with Crippen LogP contribution in [0, 0.1) is 0 Å². The molecule has 8 heteroatoms. The van der Waals surface area contributed by atoms with Crippen LogP contribution in [0.4, 0.5) is 0 Å². The molecule has 0 atom stereocenters. The van der Waals surface area contributed by atoms with Crippen LogP contribution >= 0.6 is 0 Å². The number of aliphatic carboxylic acids is 2. The van der Waals surface area contributed by atoms with Crippen LogP contribution < -0.4 is 0 Å². The molecule has 5 N–H and O–H groups in total. The summed E-state index contributed by atoms with van der Waals surface area (Å²) < 4.78 is 0. The van der Waals surface area contributed by atoms with Crippen LogP contribution in [-0.4, -0.2) is 81.8 Å². The molecule has 0 aliphatic rings. The van der Waals surface area contributed by atoms with Gasteiger partial charge < -0.3 is 25.5 Å². The van der Waals surface area contributed by atoms with Crippen LogP contribution in [0.5, 0.6) is 0 Å². The number of hydrogen-bond donors (Lipinski definition) is 5. The van der Waals surface area contributed by atoms with E-state index < -0.39 is 11.9 Å². The zero-order chi connectivity index (χ0) is 33.4. The standard InChI is InChI=1S/C18H34O2.C12H24O2.C6H15NO3/c1-2-3-4-5-6-7-8-9-10-11-12-13-14-15-16-17-18(19)20;1-2-3-4-5-6-7-8-9-10-11-12(13)14;8-4-1-7(2-5-9)3-6-10/h9-10H,2-8,11-17H2,1H3,(H,19,20);2-11H2,1H3,(H,13,14);8-10H,1-6H2. The van der Waals surface area contributed by atoms with Gasteiger partial charge in [-0.25, -0.2) is 0 Å². The molecule has 0 aliphatic carbocycles. The molecule has 0 spiro atoms. The highest BCUT2D eigenvalue weighted by Crippen LogP contribution is 2.11. The van der Waals surface area contributed by atoms with E-state index in [0.717, 1.165) is 25.7 Å². The number of carbonyl (C=O) groups is 2. The van der Waals surface area contributed by atoms with Crippen molar-refractivity contribution in [2.45, 2.75) is 168 Å². The Morgan fingerprint density at radius 1 is 0.455 bits per heavy atom. The summed E-state index contributed by atoms with van der Waals surface area (Å²) >= 11 is 0. The molecule has 0 rings (SSSR count). The van der Waals surface area contributed by atoms with Crippen LogP contribution in [0.25, 0.3) is 0 Å². The van der Waals surface area contributed by atoms with Gasteiger partial charge in [-0.2, -0.15) is 0 Å². The van der Waals surface area contributed by atoms with Crippen molar-refractivity contribution in [2.75, 3.05) is 39.5 Å². The maximum atomic E-state index is 10.3. The smallest absolute Gasteiger partial charge is 0.303 e. The third-order valence-corrected chi connectivity index (χ3v) is 7.40. The zero-order valence-corrected chi connectivity index (χ0v) is 28.9. The van der Waals surface area contributed by atoms with Gasteiger partial charge in [0.1, 0.15) is 0 Å². The van der Waals surface area contributed by atoms with Crippen molar-refractivity contribution in [1.29, 1.82) is 0 Å². The van der Waals surface area contributed by atoms with Gasteiger partial charge in [-0.1, -0.05) is 129 Å². The maximum Gasteiger partial charge on any atom is 0.303 e. The molecule has 0 saturated carbocycles. The van der Waals surface area contributed by atoms with Crippen molar-refractivity contribution in [1.82, 2.24) is 4.90 Å². The third-order valence-electron chi connectivity index (χ3n) is 7.40. The van der Waals surface area contributed by atoms with E-state index in [1.54, 1.807) is 4.90 Å². The minimum atomic E-state index is -0.664. The SMILES string of the molecule is CCCCCCCCC=CCCCCCCCC(=O)O.CCCCCCCCCCCC(=O)O.OCCN(CCO)CCO. The number of aliphatic hydroxyl groups excluding tert-OH is 3. The molecule has 0 aromatic heterocycles. The molecule has 0 bridgehead atoms. The summed E-state index contributed by atoms with van der Waals surface area (Å²) in [4.78, 5) is 22.3. The molecule has 44 heavy (non-hydrogen) atoms. The summed E-state index contributed by atoms with van der Waals surface area (Å²) in [6, 6.07) is 0. The quantitative estimate of drug-likeness (QED) is 0.0380. The number of unbranched alkanes of at least 4 members (excludes halogenated alkanes) is 19. The second-order valence-corrected chi connectivity index (χ2v) is 11.7. The summed E-state index contributed by atoms with van der Waals surface area (Å²) in [7, 11) is 0. The van der Waals surface area contributed by atoms with Gasteiger partial charge in [-0.05, 0) is 38.5 Å². The Morgan fingerprint density at radius 2 is 0.727 bits per heavy atom. The summed E-state index contributed by atoms with van der Waals surface area (Å²) in [5.41, 5.74) is 0. The Labute approximate surface area is 271 Å². The first-order chi connectivity index (χ1) is 21.4. The zero-order valence-electron chi connectivity index (χ0n) is 28.9. The normalized spacial score (nSPS) is 10.9. The van der Waals surface area contributed by atoms with E-state index in [1.807, 2.05) is 0 Å². The number of carboxylic acid groups (broad SMARTS) is 2. The molecule has 8 nitrogen and oxygen atoms in total. The number of rotatable bonds is 31. The van der Waals surface area contributed by atoms with E-state index in [-0.39, 0.29) is 19.8 Å². The molecule has 0 amide bonds. The van der Waals surface area contributed by atoms with Crippen LogP contribution in [0.1, 0.15) is 168 Å². The van der Waals surface area contributed by atoms with E-state index in [1.165, 1.54) is 116 Å². The highest BCUT2D eigenvalue weighted by molar-refractivity contribution is 5.66. The molecule has 0 aromatic rings. The molecule has 0 aliphatic heterocycles. The van der Waals surface area contributed by atoms with E-state index in [2.05, 4.69) is 26.0 Å². The lowest BCUT2D eigenvalue weighted by Crippen LogP contribution is -2.32. The van der Waals surface area contributed by atoms with Gasteiger partial charge in [-0.15, -0.1) is 0 Å². The average molecular weight is 632 g/mol. The molecule has 0 heterocycles. The van der Waals surface area contributed by atoms with Crippen LogP contribution in [0.15, 0.2) is 12.2 Å². The fourth-order valence-corrected chi connectivity index (χ4v) is 4.69. The van der Waals surface area contributed by atoms with E-state index in [4.69, 9.17) is 25.5 Å². The number of allylic oxidation sites excluding steroid dienone is 2. The Hall–Kier alpha value is -1.48. The first kappa shape index (κ1) is 46.9. The first-order valence-electron chi connectivity index (χ1n) is 18.0. The van der Waals surface area contributed by atoms with Gasteiger partial charge in [0.05, 0.1) is 19.8 Å². The number of carboxylic acids is 2. The van der Waals surface area contributed by atoms with Crippen molar-refractivity contribution in [3.63, 3.8) is 0 Å². The van der Waals surface area contributed by atoms with Crippen molar-refractivity contribution in [3.8, 4) is 0 Å². The van der Waals surface area contributed by atoms with E-state index in [0.29, 0.717) is 32.5 Å². The number of aliphatic hydroxyl groups is 3. The molecule has 0 unspecified atom stereocenters. The van der Waals surface area contributed by atoms with Crippen LogP contribution in [0.2, 0.25) is 0 Å². The lowest BCUT2D eigenvalue weighted by molar-refractivity contribution is -0.138. The molecule has 0 aromatic carbocycles. The fourth-order valence-electron chi connectivity index (χ4n) is 4.69. The second-order valence-electron chi connectivity index (χ2n) is 11.7. The Balaban J connectivity index is -0.000000611. The molecule has 0 fully saturated rings. The summed E-state index contributed by atoms with van der Waals surface area (Å²) in [5, 5.41) is 42.4. The van der Waals surface area contributed by atoms with Gasteiger partial charge in [0.2, 0.25) is 0 Å². The Kier molecular flexibility index (Phi) is 46.6. The fraction of sp³-hybridized carbons (Fsp3) is 0.889. The summed E-state index contributed by atoms with van der Waals surface area (Å²) in [6.45, 7) is 6.24. The summed E-state index contributed by atoms with van der Waals surface area (Å²) in [5.74, 6) is -1.32. The van der Waals surface area contributed by atoms with Gasteiger partial charge in [0.15, 0.2) is 0 Å². The van der Waals surface area contributed by atoms with Gasteiger partial charge in [0, 0.05) is 32.5 Å². The Morgan fingerprint density at radius 3 is 1.00 bits per heavy atom. The lowest BCUT2D eigenvalue weighted by Gasteiger charge is -2.17. The Bertz CT molecular complexity index is 573. The number of nitrogens with zero attached hydrogens (tertiary/aromatic N) is 1. The predicted molar refractivity (Wildman–Crippen MR) is 184 cm³/mol. The van der Waals surface area contributed by atoms with E-state index in [9.17, 15) is 9.59 Å². The average Bonchev–Trinajstić information content (AvgIpc) is 2.99. The topological polar surface area (TPSA) is 139 Å². The highest BCUT2D eigenvalue weighted by atomic mass is 16.4.